The Bertz CT molecular complexity index is 744. The van der Waals surface area contributed by atoms with E-state index in [4.69, 9.17) is 5.73 Å². The van der Waals surface area contributed by atoms with Gasteiger partial charge in [-0.2, -0.15) is 9.90 Å². The van der Waals surface area contributed by atoms with Crippen LogP contribution < -0.4 is 11.2 Å². The lowest BCUT2D eigenvalue weighted by Gasteiger charge is -2.05. The Morgan fingerprint density at radius 3 is 2.67 bits per heavy atom. The Morgan fingerprint density at radius 2 is 2.08 bits per heavy atom. The number of nitrogens with one attached hydrogen (secondary N) is 1. The molecule has 24 heavy (non-hydrogen) atoms. The number of allylic oxidation sites excluding steroid dienone is 1. The van der Waals surface area contributed by atoms with Crippen molar-refractivity contribution in [2.75, 3.05) is 5.73 Å². The number of carbonyl (C=O) groups excluding carboxylic acids is 1. The van der Waals surface area contributed by atoms with Crippen molar-refractivity contribution in [3.05, 3.63) is 41.0 Å². The summed E-state index contributed by atoms with van der Waals surface area (Å²) >= 11 is 0. The second-order valence-electron chi connectivity index (χ2n) is 5.68. The minimum Gasteiger partial charge on any atom is -0.365 e. The Kier molecular flexibility index (Phi) is 5.78. The highest BCUT2D eigenvalue weighted by Crippen LogP contribution is 2.15. The first-order valence-electron chi connectivity index (χ1n) is 7.57. The van der Waals surface area contributed by atoms with Crippen LogP contribution in [0.2, 0.25) is 0 Å². The number of hydrogen-bond donors (Lipinski definition) is 2. The first-order valence-corrected chi connectivity index (χ1v) is 7.57. The molecule has 0 unspecified atom stereocenters. The standard InChI is InChI=1S/C16H21N7O/c1-11(2)14-6-4-13(5-7-14)8-12(3)9-18-19-15(24)10-23-21-16(17)20-22-23/h4-9,11H,10H2,1-3H3,(H2,17,21)(H,19,24)/b12-8-,18-9-. The number of amides is 1. The van der Waals surface area contributed by atoms with Gasteiger partial charge in [-0.3, -0.25) is 4.79 Å². The third kappa shape index (κ3) is 5.31. The maximum absolute atomic E-state index is 11.6. The lowest BCUT2D eigenvalue weighted by molar-refractivity contribution is -0.122. The van der Waals surface area contributed by atoms with Gasteiger partial charge in [-0.25, -0.2) is 5.43 Å². The van der Waals surface area contributed by atoms with Gasteiger partial charge in [0.15, 0.2) is 0 Å². The number of nitrogens with two attached hydrogens (primary N) is 1. The van der Waals surface area contributed by atoms with Gasteiger partial charge in [0, 0.05) is 0 Å². The van der Waals surface area contributed by atoms with Crippen LogP contribution in [0.4, 0.5) is 5.95 Å². The molecule has 1 aromatic heterocycles. The highest BCUT2D eigenvalue weighted by molar-refractivity contribution is 5.86. The van der Waals surface area contributed by atoms with E-state index in [2.05, 4.69) is 64.1 Å². The quantitative estimate of drug-likeness (QED) is 0.618. The molecular formula is C16H21N7O. The number of anilines is 1. The number of benzene rings is 1. The Labute approximate surface area is 140 Å². The normalized spacial score (nSPS) is 12.1. The molecule has 0 atom stereocenters. The average Bonchev–Trinajstić information content (AvgIpc) is 2.92. The molecule has 0 saturated heterocycles. The van der Waals surface area contributed by atoms with Crippen molar-refractivity contribution in [1.82, 2.24) is 25.6 Å². The monoisotopic (exact) mass is 327 g/mol. The summed E-state index contributed by atoms with van der Waals surface area (Å²) in [6.45, 7) is 6.13. The van der Waals surface area contributed by atoms with Crippen LogP contribution in [0.15, 0.2) is 34.9 Å². The van der Waals surface area contributed by atoms with Crippen LogP contribution >= 0.6 is 0 Å². The predicted molar refractivity (Wildman–Crippen MR) is 93.0 cm³/mol. The largest absolute Gasteiger partial charge is 0.365 e. The Morgan fingerprint density at radius 1 is 1.38 bits per heavy atom. The van der Waals surface area contributed by atoms with Crippen LogP contribution in [0.25, 0.3) is 6.08 Å². The van der Waals surface area contributed by atoms with Crippen LogP contribution in [0.3, 0.4) is 0 Å². The molecule has 0 fully saturated rings. The summed E-state index contributed by atoms with van der Waals surface area (Å²) in [7, 11) is 0. The summed E-state index contributed by atoms with van der Waals surface area (Å²) in [4.78, 5) is 12.7. The van der Waals surface area contributed by atoms with Crippen molar-refractivity contribution < 1.29 is 4.79 Å². The molecule has 8 nitrogen and oxygen atoms in total. The molecule has 0 aliphatic carbocycles. The molecular weight excluding hydrogens is 306 g/mol. The molecule has 1 amide bonds. The molecule has 0 bridgehead atoms. The number of carbonyl (C=O) groups is 1. The number of nitrogen functional groups attached to an aromatic ring is 1. The molecule has 1 aromatic carbocycles. The fourth-order valence-corrected chi connectivity index (χ4v) is 1.97. The molecule has 3 N–H and O–H groups in total. The lowest BCUT2D eigenvalue weighted by atomic mass is 10.0. The van der Waals surface area contributed by atoms with E-state index >= 15 is 0 Å². The maximum Gasteiger partial charge on any atom is 0.263 e. The highest BCUT2D eigenvalue weighted by atomic mass is 16.2. The predicted octanol–water partition coefficient (Wildman–Crippen LogP) is 1.58. The van der Waals surface area contributed by atoms with Gasteiger partial charge in [-0.1, -0.05) is 49.3 Å². The zero-order valence-corrected chi connectivity index (χ0v) is 14.0. The topological polar surface area (TPSA) is 111 Å². The molecule has 0 saturated carbocycles. The van der Waals surface area contributed by atoms with Crippen molar-refractivity contribution >= 4 is 24.1 Å². The zero-order chi connectivity index (χ0) is 17.5. The molecule has 1 heterocycles. The summed E-state index contributed by atoms with van der Waals surface area (Å²) in [5.41, 5.74) is 11.0. The van der Waals surface area contributed by atoms with Crippen molar-refractivity contribution in [3.63, 3.8) is 0 Å². The first-order chi connectivity index (χ1) is 11.4. The summed E-state index contributed by atoms with van der Waals surface area (Å²) in [6.07, 6.45) is 3.57. The van der Waals surface area contributed by atoms with E-state index in [0.29, 0.717) is 5.92 Å². The van der Waals surface area contributed by atoms with Gasteiger partial charge in [-0.15, -0.1) is 5.10 Å². The van der Waals surface area contributed by atoms with Crippen molar-refractivity contribution in [2.45, 2.75) is 33.2 Å². The zero-order valence-electron chi connectivity index (χ0n) is 14.0. The van der Waals surface area contributed by atoms with E-state index in [1.165, 1.54) is 5.56 Å². The second-order valence-corrected chi connectivity index (χ2v) is 5.68. The van der Waals surface area contributed by atoms with Crippen LogP contribution in [-0.4, -0.2) is 32.3 Å². The molecule has 2 rings (SSSR count). The fraction of sp³-hybridized carbons (Fsp3) is 0.312. The first kappa shape index (κ1) is 17.3. The van der Waals surface area contributed by atoms with E-state index in [0.717, 1.165) is 15.9 Å². The third-order valence-corrected chi connectivity index (χ3v) is 3.21. The Balaban J connectivity index is 1.87. The number of nitrogens with zero attached hydrogens (tertiary/aromatic N) is 5. The fourth-order valence-electron chi connectivity index (χ4n) is 1.97. The van der Waals surface area contributed by atoms with Gasteiger partial charge in [0.25, 0.3) is 11.9 Å². The van der Waals surface area contributed by atoms with Gasteiger partial charge in [-0.05, 0) is 34.8 Å². The van der Waals surface area contributed by atoms with Gasteiger partial charge in [0.2, 0.25) is 0 Å². The number of hydrazone groups is 1. The summed E-state index contributed by atoms with van der Waals surface area (Å²) in [5.74, 6) is 0.169. The summed E-state index contributed by atoms with van der Waals surface area (Å²) < 4.78 is 0. The van der Waals surface area contributed by atoms with Gasteiger partial charge in [0.05, 0.1) is 6.21 Å². The number of hydrogen-bond acceptors (Lipinski definition) is 6. The van der Waals surface area contributed by atoms with Crippen molar-refractivity contribution in [3.8, 4) is 0 Å². The molecule has 0 spiro atoms. The van der Waals surface area contributed by atoms with E-state index in [1.807, 2.05) is 13.0 Å². The van der Waals surface area contributed by atoms with Crippen LogP contribution in [-0.2, 0) is 11.3 Å². The lowest BCUT2D eigenvalue weighted by Crippen LogP contribution is -2.24. The second kappa shape index (κ2) is 8.00. The minimum absolute atomic E-state index is 0.0218. The Hall–Kier alpha value is -3.03. The van der Waals surface area contributed by atoms with Gasteiger partial charge in [0.1, 0.15) is 6.54 Å². The molecule has 0 aliphatic rings. The van der Waals surface area contributed by atoms with E-state index in [9.17, 15) is 4.79 Å². The number of rotatable bonds is 6. The minimum atomic E-state index is -0.363. The van der Waals surface area contributed by atoms with Crippen LogP contribution in [0.5, 0.6) is 0 Å². The van der Waals surface area contributed by atoms with E-state index in [-0.39, 0.29) is 18.4 Å². The summed E-state index contributed by atoms with van der Waals surface area (Å²) in [6, 6.07) is 8.34. The summed E-state index contributed by atoms with van der Waals surface area (Å²) in [5, 5.41) is 14.7. The van der Waals surface area contributed by atoms with Gasteiger partial charge >= 0.3 is 0 Å². The molecule has 0 aliphatic heterocycles. The van der Waals surface area contributed by atoms with Crippen LogP contribution in [0.1, 0.15) is 37.8 Å². The molecule has 126 valence electrons. The van der Waals surface area contributed by atoms with Crippen molar-refractivity contribution in [1.29, 1.82) is 0 Å². The number of aromatic nitrogens is 4. The molecule has 8 heteroatoms. The van der Waals surface area contributed by atoms with E-state index < -0.39 is 0 Å². The smallest absolute Gasteiger partial charge is 0.263 e. The SMILES string of the molecule is CC(/C=N\NC(=O)Cn1nnc(N)n1)=C/c1ccc(C(C)C)cc1. The average molecular weight is 327 g/mol. The van der Waals surface area contributed by atoms with Crippen LogP contribution in [0, 0.1) is 0 Å². The molecule has 0 radical (unpaired) electrons. The third-order valence-electron chi connectivity index (χ3n) is 3.21. The highest BCUT2D eigenvalue weighted by Gasteiger charge is 2.04. The van der Waals surface area contributed by atoms with Gasteiger partial charge < -0.3 is 5.73 Å². The van der Waals surface area contributed by atoms with E-state index in [1.54, 1.807) is 6.21 Å². The van der Waals surface area contributed by atoms with Crippen molar-refractivity contribution in [2.24, 2.45) is 5.10 Å². The maximum atomic E-state index is 11.6. The molecule has 2 aromatic rings. The number of tetrazole rings is 1.